The minimum atomic E-state index is 0.0918. The van der Waals surface area contributed by atoms with Crippen LogP contribution < -0.4 is 10.1 Å². The van der Waals surface area contributed by atoms with Crippen LogP contribution in [0.5, 0.6) is 5.75 Å². The van der Waals surface area contributed by atoms with E-state index in [2.05, 4.69) is 29.4 Å². The van der Waals surface area contributed by atoms with E-state index >= 15 is 0 Å². The smallest absolute Gasteiger partial charge is 0.255 e. The summed E-state index contributed by atoms with van der Waals surface area (Å²) in [5.41, 5.74) is 1.91. The van der Waals surface area contributed by atoms with Crippen LogP contribution in [0.4, 0.5) is 5.82 Å². The Hall–Kier alpha value is -2.56. The molecule has 0 spiro atoms. The summed E-state index contributed by atoms with van der Waals surface area (Å²) in [7, 11) is 1.67. The highest BCUT2D eigenvalue weighted by molar-refractivity contribution is 5.94. The Labute approximate surface area is 155 Å². The summed E-state index contributed by atoms with van der Waals surface area (Å²) < 4.78 is 5.17. The lowest BCUT2D eigenvalue weighted by molar-refractivity contribution is 0.0697. The summed E-state index contributed by atoms with van der Waals surface area (Å²) in [6.45, 7) is 4.73. The first-order valence-electron chi connectivity index (χ1n) is 9.28. The van der Waals surface area contributed by atoms with Gasteiger partial charge in [0, 0.05) is 25.8 Å². The molecule has 1 N–H and O–H groups in total. The molecule has 0 bridgehead atoms. The number of aromatic nitrogens is 1. The van der Waals surface area contributed by atoms with Crippen molar-refractivity contribution in [2.45, 2.75) is 26.2 Å². The third-order valence-corrected chi connectivity index (χ3v) is 4.96. The third-order valence-electron chi connectivity index (χ3n) is 4.96. The summed E-state index contributed by atoms with van der Waals surface area (Å²) in [6, 6.07) is 11.8. The Balaban J connectivity index is 1.48. The molecule has 2 aromatic rings. The Kier molecular flexibility index (Phi) is 6.10. The van der Waals surface area contributed by atoms with Crippen molar-refractivity contribution in [3.63, 3.8) is 0 Å². The SMILES string of the molecule is COc1ccc(CCNc2ccc(C(=O)N3CCC(C)CC3)cn2)cc1. The molecule has 0 radical (unpaired) electrons. The minimum absolute atomic E-state index is 0.0918. The number of anilines is 1. The van der Waals surface area contributed by atoms with Crippen molar-refractivity contribution in [2.75, 3.05) is 32.1 Å². The van der Waals surface area contributed by atoms with E-state index in [-0.39, 0.29) is 5.91 Å². The molecule has 5 nitrogen and oxygen atoms in total. The Morgan fingerprint density at radius 1 is 1.19 bits per heavy atom. The lowest BCUT2D eigenvalue weighted by Gasteiger charge is -2.30. The fourth-order valence-corrected chi connectivity index (χ4v) is 3.15. The molecule has 2 heterocycles. The van der Waals surface area contributed by atoms with E-state index in [1.165, 1.54) is 5.56 Å². The molecule has 26 heavy (non-hydrogen) atoms. The number of carbonyl (C=O) groups excluding carboxylic acids is 1. The summed E-state index contributed by atoms with van der Waals surface area (Å²) in [4.78, 5) is 18.9. The van der Waals surface area contributed by atoms with Gasteiger partial charge in [0.05, 0.1) is 12.7 Å². The van der Waals surface area contributed by atoms with E-state index in [0.29, 0.717) is 5.56 Å². The number of nitrogens with zero attached hydrogens (tertiary/aromatic N) is 2. The lowest BCUT2D eigenvalue weighted by Crippen LogP contribution is -2.37. The molecule has 3 rings (SSSR count). The second-order valence-corrected chi connectivity index (χ2v) is 6.93. The predicted octanol–water partition coefficient (Wildman–Crippen LogP) is 3.62. The molecule has 0 unspecified atom stereocenters. The molecule has 0 aliphatic carbocycles. The van der Waals surface area contributed by atoms with Crippen molar-refractivity contribution >= 4 is 11.7 Å². The molecule has 0 saturated carbocycles. The second kappa shape index (κ2) is 8.70. The fraction of sp³-hybridized carbons (Fsp3) is 0.429. The maximum atomic E-state index is 12.5. The van der Waals surface area contributed by atoms with Crippen LogP contribution in [0, 0.1) is 5.92 Å². The van der Waals surface area contributed by atoms with Gasteiger partial charge in [-0.3, -0.25) is 4.79 Å². The van der Waals surface area contributed by atoms with E-state index < -0.39 is 0 Å². The van der Waals surface area contributed by atoms with Crippen LogP contribution in [0.1, 0.15) is 35.7 Å². The first kappa shape index (κ1) is 18.2. The highest BCUT2D eigenvalue weighted by Gasteiger charge is 2.21. The molecule has 0 atom stereocenters. The molecule has 1 aromatic heterocycles. The number of likely N-dealkylation sites (tertiary alicyclic amines) is 1. The van der Waals surface area contributed by atoms with Gasteiger partial charge in [0.25, 0.3) is 5.91 Å². The van der Waals surface area contributed by atoms with Crippen LogP contribution in [0.3, 0.4) is 0 Å². The number of carbonyl (C=O) groups is 1. The van der Waals surface area contributed by atoms with Crippen LogP contribution >= 0.6 is 0 Å². The Bertz CT molecular complexity index is 705. The van der Waals surface area contributed by atoms with Gasteiger partial charge in [0.15, 0.2) is 0 Å². The van der Waals surface area contributed by atoms with E-state index in [0.717, 1.165) is 56.4 Å². The van der Waals surface area contributed by atoms with Gasteiger partial charge in [0.1, 0.15) is 11.6 Å². The van der Waals surface area contributed by atoms with Gasteiger partial charge in [0.2, 0.25) is 0 Å². The van der Waals surface area contributed by atoms with Gasteiger partial charge in [-0.1, -0.05) is 19.1 Å². The predicted molar refractivity (Wildman–Crippen MR) is 104 cm³/mol. The zero-order valence-electron chi connectivity index (χ0n) is 15.6. The second-order valence-electron chi connectivity index (χ2n) is 6.93. The molecule has 1 aromatic carbocycles. The first-order chi connectivity index (χ1) is 12.7. The summed E-state index contributed by atoms with van der Waals surface area (Å²) >= 11 is 0. The maximum absolute atomic E-state index is 12.5. The number of methoxy groups -OCH3 is 1. The van der Waals surface area contributed by atoms with Gasteiger partial charge in [-0.15, -0.1) is 0 Å². The van der Waals surface area contributed by atoms with Crippen molar-refractivity contribution in [2.24, 2.45) is 5.92 Å². The molecule has 1 aliphatic rings. The number of nitrogens with one attached hydrogen (secondary N) is 1. The number of pyridine rings is 1. The van der Waals surface area contributed by atoms with Crippen LogP contribution in [0.2, 0.25) is 0 Å². The van der Waals surface area contributed by atoms with Crippen LogP contribution in [0.15, 0.2) is 42.6 Å². The number of benzene rings is 1. The topological polar surface area (TPSA) is 54.5 Å². The summed E-state index contributed by atoms with van der Waals surface area (Å²) in [5.74, 6) is 2.47. The summed E-state index contributed by atoms with van der Waals surface area (Å²) in [6.07, 6.45) is 4.75. The van der Waals surface area contributed by atoms with Crippen LogP contribution in [-0.4, -0.2) is 42.5 Å². The summed E-state index contributed by atoms with van der Waals surface area (Å²) in [5, 5.41) is 3.31. The van der Waals surface area contributed by atoms with Crippen molar-refractivity contribution in [1.82, 2.24) is 9.88 Å². The molecule has 1 aliphatic heterocycles. The van der Waals surface area contributed by atoms with Gasteiger partial charge in [-0.25, -0.2) is 4.98 Å². The average Bonchev–Trinajstić information content (AvgIpc) is 2.69. The highest BCUT2D eigenvalue weighted by Crippen LogP contribution is 2.18. The van der Waals surface area contributed by atoms with Crippen molar-refractivity contribution < 1.29 is 9.53 Å². The Morgan fingerprint density at radius 2 is 1.92 bits per heavy atom. The molecule has 1 amide bonds. The number of ether oxygens (including phenoxy) is 1. The largest absolute Gasteiger partial charge is 0.497 e. The van der Waals surface area contributed by atoms with Crippen LogP contribution in [-0.2, 0) is 6.42 Å². The molecular formula is C21H27N3O2. The fourth-order valence-electron chi connectivity index (χ4n) is 3.15. The normalized spacial score (nSPS) is 14.9. The first-order valence-corrected chi connectivity index (χ1v) is 9.28. The minimum Gasteiger partial charge on any atom is -0.497 e. The van der Waals surface area contributed by atoms with Gasteiger partial charge >= 0.3 is 0 Å². The maximum Gasteiger partial charge on any atom is 0.255 e. The number of piperidine rings is 1. The van der Waals surface area contributed by atoms with Gasteiger partial charge < -0.3 is 15.0 Å². The van der Waals surface area contributed by atoms with Crippen molar-refractivity contribution in [3.8, 4) is 5.75 Å². The monoisotopic (exact) mass is 353 g/mol. The van der Waals surface area contributed by atoms with Crippen LogP contribution in [0.25, 0.3) is 0 Å². The molecule has 1 saturated heterocycles. The van der Waals surface area contributed by atoms with Gasteiger partial charge in [-0.05, 0) is 55.0 Å². The number of hydrogen-bond donors (Lipinski definition) is 1. The highest BCUT2D eigenvalue weighted by atomic mass is 16.5. The molecular weight excluding hydrogens is 326 g/mol. The zero-order valence-corrected chi connectivity index (χ0v) is 15.6. The quantitative estimate of drug-likeness (QED) is 0.862. The van der Waals surface area contributed by atoms with E-state index in [4.69, 9.17) is 4.74 Å². The van der Waals surface area contributed by atoms with E-state index in [1.54, 1.807) is 13.3 Å². The number of hydrogen-bond acceptors (Lipinski definition) is 4. The number of amides is 1. The molecule has 1 fully saturated rings. The van der Waals surface area contributed by atoms with E-state index in [1.807, 2.05) is 29.2 Å². The van der Waals surface area contributed by atoms with Crippen molar-refractivity contribution in [3.05, 3.63) is 53.7 Å². The zero-order chi connectivity index (χ0) is 18.4. The van der Waals surface area contributed by atoms with E-state index in [9.17, 15) is 4.79 Å². The average molecular weight is 353 g/mol. The van der Waals surface area contributed by atoms with Crippen molar-refractivity contribution in [1.29, 1.82) is 0 Å². The standard InChI is InChI=1S/C21H27N3O2/c1-16-10-13-24(14-11-16)21(25)18-5-8-20(23-15-18)22-12-9-17-3-6-19(26-2)7-4-17/h3-8,15-16H,9-14H2,1-2H3,(H,22,23). The third kappa shape index (κ3) is 4.75. The van der Waals surface area contributed by atoms with Gasteiger partial charge in [-0.2, -0.15) is 0 Å². The molecule has 5 heteroatoms. The Morgan fingerprint density at radius 3 is 2.54 bits per heavy atom. The number of rotatable bonds is 6. The lowest BCUT2D eigenvalue weighted by atomic mass is 9.99. The molecule has 138 valence electrons.